The Bertz CT molecular complexity index is 901. The van der Waals surface area contributed by atoms with Gasteiger partial charge >= 0.3 is 0 Å². The zero-order chi connectivity index (χ0) is 16.3. The first kappa shape index (κ1) is 15.9. The van der Waals surface area contributed by atoms with Crippen LogP contribution in [0.25, 0.3) is 5.65 Å². The van der Waals surface area contributed by atoms with E-state index in [1.807, 2.05) is 35.0 Å². The molecular formula is C16H16N2O3S2. The number of sulfone groups is 1. The Morgan fingerprint density at radius 1 is 1.04 bits per heavy atom. The fourth-order valence-corrected chi connectivity index (χ4v) is 5.28. The van der Waals surface area contributed by atoms with Crippen molar-refractivity contribution < 1.29 is 12.6 Å². The molecule has 23 heavy (non-hydrogen) atoms. The zero-order valence-corrected chi connectivity index (χ0v) is 14.0. The summed E-state index contributed by atoms with van der Waals surface area (Å²) in [6, 6.07) is 13.9. The van der Waals surface area contributed by atoms with Gasteiger partial charge in [0.1, 0.15) is 5.65 Å². The first-order chi connectivity index (χ1) is 11.0. The van der Waals surface area contributed by atoms with Gasteiger partial charge in [0.15, 0.2) is 9.84 Å². The van der Waals surface area contributed by atoms with Gasteiger partial charge in [0.25, 0.3) is 0 Å². The van der Waals surface area contributed by atoms with Crippen molar-refractivity contribution >= 4 is 26.3 Å². The lowest BCUT2D eigenvalue weighted by Crippen LogP contribution is -2.14. The van der Waals surface area contributed by atoms with Crippen LogP contribution in [0.15, 0.2) is 65.8 Å². The molecule has 0 unspecified atom stereocenters. The highest BCUT2D eigenvalue weighted by molar-refractivity contribution is 7.93. The summed E-state index contributed by atoms with van der Waals surface area (Å²) in [5, 5.41) is 0. The number of aromatic nitrogens is 2. The van der Waals surface area contributed by atoms with E-state index in [-0.39, 0.29) is 22.2 Å². The van der Waals surface area contributed by atoms with Crippen molar-refractivity contribution in [2.24, 2.45) is 0 Å². The topological polar surface area (TPSA) is 68.5 Å². The third-order valence-electron chi connectivity index (χ3n) is 3.40. The average Bonchev–Trinajstić information content (AvgIpc) is 2.96. The predicted molar refractivity (Wildman–Crippen MR) is 90.4 cm³/mol. The fourth-order valence-electron chi connectivity index (χ4n) is 2.24. The molecule has 1 aromatic carbocycles. The van der Waals surface area contributed by atoms with Gasteiger partial charge in [-0.1, -0.05) is 24.3 Å². The number of hydrogen-bond donors (Lipinski definition) is 0. The van der Waals surface area contributed by atoms with E-state index in [0.717, 1.165) is 5.65 Å². The molecule has 1 atom stereocenters. The molecule has 5 nitrogen and oxygen atoms in total. The minimum absolute atomic E-state index is 0.102. The fraction of sp³-hybridized carbons (Fsp3) is 0.188. The maximum atomic E-state index is 12.2. The highest BCUT2D eigenvalue weighted by atomic mass is 32.2. The lowest BCUT2D eigenvalue weighted by atomic mass is 10.4. The molecule has 0 aliphatic heterocycles. The number of pyridine rings is 1. The van der Waals surface area contributed by atoms with Crippen LogP contribution in [-0.2, 0) is 26.4 Å². The summed E-state index contributed by atoms with van der Waals surface area (Å²) in [5.41, 5.74) is 1.49. The maximum absolute atomic E-state index is 12.2. The van der Waals surface area contributed by atoms with Crippen molar-refractivity contribution in [1.29, 1.82) is 0 Å². The Morgan fingerprint density at radius 2 is 1.78 bits per heavy atom. The van der Waals surface area contributed by atoms with Gasteiger partial charge in [-0.2, -0.15) is 0 Å². The SMILES string of the molecule is O=[S@](CCS(=O)(=O)c1ccccc1)Cc1cn2ccccc2n1. The van der Waals surface area contributed by atoms with Gasteiger partial charge in [-0.3, -0.25) is 4.21 Å². The number of imidazole rings is 1. The van der Waals surface area contributed by atoms with Crippen LogP contribution in [0.2, 0.25) is 0 Å². The van der Waals surface area contributed by atoms with Crippen LogP contribution in [0.1, 0.15) is 5.69 Å². The number of fused-ring (bicyclic) bond motifs is 1. The second kappa shape index (κ2) is 6.64. The second-order valence-corrected chi connectivity index (χ2v) is 8.80. The molecule has 3 rings (SSSR count). The Morgan fingerprint density at radius 3 is 2.52 bits per heavy atom. The predicted octanol–water partition coefficient (Wildman–Crippen LogP) is 2.06. The van der Waals surface area contributed by atoms with E-state index in [4.69, 9.17) is 0 Å². The van der Waals surface area contributed by atoms with E-state index >= 15 is 0 Å². The van der Waals surface area contributed by atoms with Gasteiger partial charge < -0.3 is 4.40 Å². The van der Waals surface area contributed by atoms with Crippen molar-refractivity contribution in [3.63, 3.8) is 0 Å². The molecule has 7 heteroatoms. The van der Waals surface area contributed by atoms with Crippen LogP contribution >= 0.6 is 0 Å². The van der Waals surface area contributed by atoms with Crippen LogP contribution in [0.3, 0.4) is 0 Å². The minimum Gasteiger partial charge on any atom is -0.307 e. The summed E-state index contributed by atoms with van der Waals surface area (Å²) >= 11 is 0. The van der Waals surface area contributed by atoms with Gasteiger partial charge in [0.2, 0.25) is 0 Å². The number of benzene rings is 1. The summed E-state index contributed by atoms with van der Waals surface area (Å²) < 4.78 is 38.4. The first-order valence-corrected chi connectivity index (χ1v) is 10.2. The number of nitrogens with zero attached hydrogens (tertiary/aromatic N) is 2. The highest BCUT2D eigenvalue weighted by Crippen LogP contribution is 2.11. The smallest absolute Gasteiger partial charge is 0.179 e. The van der Waals surface area contributed by atoms with E-state index in [1.54, 1.807) is 30.3 Å². The molecule has 0 amide bonds. The average molecular weight is 348 g/mol. The number of hydrogen-bond acceptors (Lipinski definition) is 4. The van der Waals surface area contributed by atoms with Crippen LogP contribution in [-0.4, -0.2) is 33.5 Å². The lowest BCUT2D eigenvalue weighted by Gasteiger charge is -2.04. The molecule has 2 heterocycles. The molecule has 0 radical (unpaired) electrons. The molecule has 2 aromatic heterocycles. The Kier molecular flexibility index (Phi) is 4.58. The monoisotopic (exact) mass is 348 g/mol. The largest absolute Gasteiger partial charge is 0.307 e. The van der Waals surface area contributed by atoms with Crippen molar-refractivity contribution in [1.82, 2.24) is 9.38 Å². The molecule has 0 aliphatic rings. The molecule has 120 valence electrons. The zero-order valence-electron chi connectivity index (χ0n) is 12.3. The minimum atomic E-state index is -3.39. The molecule has 0 N–H and O–H groups in total. The normalized spacial score (nSPS) is 13.2. The quantitative estimate of drug-likeness (QED) is 0.684. The summed E-state index contributed by atoms with van der Waals surface area (Å²) in [7, 11) is -4.66. The van der Waals surface area contributed by atoms with Gasteiger partial charge in [-0.25, -0.2) is 13.4 Å². The van der Waals surface area contributed by atoms with E-state index in [9.17, 15) is 12.6 Å². The molecule has 3 aromatic rings. The van der Waals surface area contributed by atoms with E-state index < -0.39 is 20.6 Å². The summed E-state index contributed by atoms with van der Waals surface area (Å²) in [6.45, 7) is 0. The summed E-state index contributed by atoms with van der Waals surface area (Å²) in [6.07, 6.45) is 3.69. The highest BCUT2D eigenvalue weighted by Gasteiger charge is 2.16. The molecular weight excluding hydrogens is 332 g/mol. The third-order valence-corrected chi connectivity index (χ3v) is 6.67. The second-order valence-electron chi connectivity index (χ2n) is 5.12. The van der Waals surface area contributed by atoms with Gasteiger partial charge in [0.05, 0.1) is 22.1 Å². The standard InChI is InChI=1S/C16H16N2O3S2/c19-22(10-11-23(20,21)15-6-2-1-3-7-15)13-14-12-18-9-5-4-8-16(18)17-14/h1-9,12H,10-11,13H2/t22-/m1/s1. The molecule has 0 spiro atoms. The molecule has 0 fully saturated rings. The van der Waals surface area contributed by atoms with E-state index in [1.165, 1.54) is 0 Å². The lowest BCUT2D eigenvalue weighted by molar-refractivity contribution is 0.597. The van der Waals surface area contributed by atoms with Gasteiger partial charge in [0, 0.05) is 28.9 Å². The molecule has 0 saturated heterocycles. The van der Waals surface area contributed by atoms with E-state index in [0.29, 0.717) is 5.69 Å². The Hall–Kier alpha value is -1.99. The van der Waals surface area contributed by atoms with Crippen molar-refractivity contribution in [3.8, 4) is 0 Å². The Balaban J connectivity index is 1.63. The molecule has 0 aliphatic carbocycles. The van der Waals surface area contributed by atoms with Crippen LogP contribution in [0, 0.1) is 0 Å². The first-order valence-electron chi connectivity index (χ1n) is 7.10. The summed E-state index contributed by atoms with van der Waals surface area (Å²) in [4.78, 5) is 4.64. The molecule has 0 saturated carbocycles. The van der Waals surface area contributed by atoms with Crippen molar-refractivity contribution in [2.75, 3.05) is 11.5 Å². The number of rotatable bonds is 6. The van der Waals surface area contributed by atoms with Crippen molar-refractivity contribution in [3.05, 3.63) is 66.6 Å². The van der Waals surface area contributed by atoms with Crippen LogP contribution in [0.4, 0.5) is 0 Å². The summed E-state index contributed by atoms with van der Waals surface area (Å²) in [5.74, 6) is 0.230. The third kappa shape index (κ3) is 3.86. The van der Waals surface area contributed by atoms with Crippen molar-refractivity contribution in [2.45, 2.75) is 10.6 Å². The van der Waals surface area contributed by atoms with Gasteiger partial charge in [-0.15, -0.1) is 0 Å². The molecule has 0 bridgehead atoms. The van der Waals surface area contributed by atoms with E-state index in [2.05, 4.69) is 4.98 Å². The van der Waals surface area contributed by atoms with Crippen LogP contribution in [0.5, 0.6) is 0 Å². The van der Waals surface area contributed by atoms with Gasteiger partial charge in [-0.05, 0) is 24.3 Å². The maximum Gasteiger partial charge on any atom is 0.179 e. The van der Waals surface area contributed by atoms with Crippen LogP contribution < -0.4 is 0 Å². The Labute approximate surface area is 137 Å².